The number of benzene rings is 1. The number of halogens is 1. The topological polar surface area (TPSA) is 67.2 Å². The second kappa shape index (κ2) is 5.55. The van der Waals surface area contributed by atoms with Gasteiger partial charge in [-0.1, -0.05) is 17.7 Å². The Kier molecular flexibility index (Phi) is 3.84. The third-order valence-electron chi connectivity index (χ3n) is 2.47. The molecular weight excluding hydrogens is 254 g/mol. The molecule has 0 aliphatic rings. The summed E-state index contributed by atoms with van der Waals surface area (Å²) in [5, 5.41) is 12.4. The first-order valence-corrected chi connectivity index (χ1v) is 5.77. The van der Waals surface area contributed by atoms with Crippen LogP contribution >= 0.6 is 11.6 Å². The minimum absolute atomic E-state index is 0.102. The molecule has 0 amide bonds. The summed E-state index contributed by atoms with van der Waals surface area (Å²) < 4.78 is 1.90. The summed E-state index contributed by atoms with van der Waals surface area (Å²) in [4.78, 5) is 15.0. The highest BCUT2D eigenvalue weighted by Gasteiger charge is 2.13. The van der Waals surface area contributed by atoms with Gasteiger partial charge in [0, 0.05) is 25.5 Å². The van der Waals surface area contributed by atoms with Gasteiger partial charge in [-0.25, -0.2) is 9.78 Å². The first-order valence-electron chi connectivity index (χ1n) is 5.40. The van der Waals surface area contributed by atoms with E-state index in [2.05, 4.69) is 10.3 Å². The first-order chi connectivity index (χ1) is 8.68. The molecule has 0 saturated heterocycles. The zero-order chi connectivity index (χ0) is 13.0. The standard InChI is InChI=1S/C12H12ClN3O2/c13-9-2-1-3-10(11(9)12(17)18)15-5-7-16-6-4-14-8-16/h1-4,6,8,15H,5,7H2,(H,17,18). The molecule has 0 spiro atoms. The maximum absolute atomic E-state index is 11.1. The third-order valence-corrected chi connectivity index (χ3v) is 2.79. The molecule has 0 saturated carbocycles. The van der Waals surface area contributed by atoms with Crippen molar-refractivity contribution in [1.29, 1.82) is 0 Å². The number of aromatic nitrogens is 2. The highest BCUT2D eigenvalue weighted by Crippen LogP contribution is 2.24. The molecule has 1 aromatic heterocycles. The van der Waals surface area contributed by atoms with Crippen LogP contribution < -0.4 is 5.32 Å². The van der Waals surface area contributed by atoms with Gasteiger partial charge in [0.2, 0.25) is 0 Å². The maximum atomic E-state index is 11.1. The normalized spacial score (nSPS) is 10.3. The van der Waals surface area contributed by atoms with E-state index in [4.69, 9.17) is 16.7 Å². The average molecular weight is 266 g/mol. The molecule has 1 aromatic carbocycles. The van der Waals surface area contributed by atoms with Gasteiger partial charge in [-0.2, -0.15) is 0 Å². The van der Waals surface area contributed by atoms with E-state index >= 15 is 0 Å². The lowest BCUT2D eigenvalue weighted by atomic mass is 10.2. The van der Waals surface area contributed by atoms with Gasteiger partial charge in [0.1, 0.15) is 5.56 Å². The van der Waals surface area contributed by atoms with Crippen molar-refractivity contribution in [3.8, 4) is 0 Å². The lowest BCUT2D eigenvalue weighted by Gasteiger charge is -2.10. The number of imidazole rings is 1. The molecule has 1 heterocycles. The van der Waals surface area contributed by atoms with Crippen molar-refractivity contribution in [1.82, 2.24) is 9.55 Å². The summed E-state index contributed by atoms with van der Waals surface area (Å²) in [7, 11) is 0. The van der Waals surface area contributed by atoms with Crippen molar-refractivity contribution in [2.45, 2.75) is 6.54 Å². The molecule has 0 aliphatic carbocycles. The minimum atomic E-state index is -1.04. The van der Waals surface area contributed by atoms with Crippen LogP contribution in [0.25, 0.3) is 0 Å². The molecule has 0 aliphatic heterocycles. The predicted molar refractivity (Wildman–Crippen MR) is 69.1 cm³/mol. The van der Waals surface area contributed by atoms with E-state index in [1.807, 2.05) is 10.8 Å². The van der Waals surface area contributed by atoms with E-state index in [0.717, 1.165) is 0 Å². The van der Waals surface area contributed by atoms with Crippen molar-refractivity contribution in [3.05, 3.63) is 47.5 Å². The van der Waals surface area contributed by atoms with Gasteiger partial charge < -0.3 is 15.0 Å². The maximum Gasteiger partial charge on any atom is 0.339 e. The number of aromatic carboxylic acids is 1. The molecule has 94 valence electrons. The fraction of sp³-hybridized carbons (Fsp3) is 0.167. The SMILES string of the molecule is O=C(O)c1c(Cl)cccc1NCCn1ccnc1. The van der Waals surface area contributed by atoms with Crippen LogP contribution in [0.3, 0.4) is 0 Å². The number of carboxylic acids is 1. The van der Waals surface area contributed by atoms with E-state index in [1.54, 1.807) is 30.7 Å². The number of hydrogen-bond donors (Lipinski definition) is 2. The highest BCUT2D eigenvalue weighted by molar-refractivity contribution is 6.34. The van der Waals surface area contributed by atoms with Crippen molar-refractivity contribution >= 4 is 23.3 Å². The number of carboxylic acid groups (broad SMARTS) is 1. The molecule has 18 heavy (non-hydrogen) atoms. The van der Waals surface area contributed by atoms with E-state index in [1.165, 1.54) is 0 Å². The summed E-state index contributed by atoms with van der Waals surface area (Å²) in [6, 6.07) is 4.98. The molecule has 2 N–H and O–H groups in total. The van der Waals surface area contributed by atoms with E-state index in [-0.39, 0.29) is 10.6 Å². The monoisotopic (exact) mass is 265 g/mol. The van der Waals surface area contributed by atoms with E-state index in [9.17, 15) is 4.79 Å². The molecular formula is C12H12ClN3O2. The molecule has 5 nitrogen and oxygen atoms in total. The molecule has 0 atom stereocenters. The van der Waals surface area contributed by atoms with Gasteiger partial charge >= 0.3 is 5.97 Å². The Balaban J connectivity index is 2.05. The number of anilines is 1. The minimum Gasteiger partial charge on any atom is -0.478 e. The van der Waals surface area contributed by atoms with Gasteiger partial charge in [-0.05, 0) is 12.1 Å². The molecule has 6 heteroatoms. The second-order valence-electron chi connectivity index (χ2n) is 3.69. The van der Waals surface area contributed by atoms with Gasteiger partial charge in [-0.3, -0.25) is 0 Å². The molecule has 0 bridgehead atoms. The van der Waals surface area contributed by atoms with Crippen LogP contribution in [-0.4, -0.2) is 27.2 Å². The highest BCUT2D eigenvalue weighted by atomic mass is 35.5. The van der Waals surface area contributed by atoms with Gasteiger partial charge in [0.05, 0.1) is 17.0 Å². The van der Waals surface area contributed by atoms with Gasteiger partial charge in [-0.15, -0.1) is 0 Å². The van der Waals surface area contributed by atoms with Crippen LogP contribution in [-0.2, 0) is 6.54 Å². The van der Waals surface area contributed by atoms with Crippen molar-refractivity contribution in [2.24, 2.45) is 0 Å². The van der Waals surface area contributed by atoms with Crippen LogP contribution in [0.5, 0.6) is 0 Å². The molecule has 2 aromatic rings. The largest absolute Gasteiger partial charge is 0.478 e. The van der Waals surface area contributed by atoms with Crippen LogP contribution in [0, 0.1) is 0 Å². The third kappa shape index (κ3) is 2.81. The van der Waals surface area contributed by atoms with Crippen LogP contribution in [0.1, 0.15) is 10.4 Å². The quantitative estimate of drug-likeness (QED) is 0.871. The smallest absolute Gasteiger partial charge is 0.339 e. The van der Waals surface area contributed by atoms with Gasteiger partial charge in [0.15, 0.2) is 0 Å². The van der Waals surface area contributed by atoms with E-state index in [0.29, 0.717) is 18.8 Å². The lowest BCUT2D eigenvalue weighted by molar-refractivity contribution is 0.0698. The summed E-state index contributed by atoms with van der Waals surface area (Å²) in [5.41, 5.74) is 0.625. The molecule has 0 fully saturated rings. The van der Waals surface area contributed by atoms with Crippen molar-refractivity contribution < 1.29 is 9.90 Å². The summed E-state index contributed by atoms with van der Waals surface area (Å²) in [5.74, 6) is -1.04. The predicted octanol–water partition coefficient (Wildman–Crippen LogP) is 2.35. The van der Waals surface area contributed by atoms with Crippen LogP contribution in [0.2, 0.25) is 5.02 Å². The zero-order valence-electron chi connectivity index (χ0n) is 9.51. The molecule has 0 unspecified atom stereocenters. The zero-order valence-corrected chi connectivity index (χ0v) is 10.3. The summed E-state index contributed by atoms with van der Waals surface area (Å²) in [6.07, 6.45) is 5.25. The Bertz CT molecular complexity index is 540. The Morgan fingerprint density at radius 2 is 2.33 bits per heavy atom. The Hall–Kier alpha value is -2.01. The van der Waals surface area contributed by atoms with Crippen LogP contribution in [0.15, 0.2) is 36.9 Å². The first kappa shape index (κ1) is 12.4. The van der Waals surface area contributed by atoms with Gasteiger partial charge in [0.25, 0.3) is 0 Å². The fourth-order valence-corrected chi connectivity index (χ4v) is 1.88. The van der Waals surface area contributed by atoms with Crippen LogP contribution in [0.4, 0.5) is 5.69 Å². The Morgan fingerprint density at radius 3 is 3.00 bits per heavy atom. The number of hydrogen-bond acceptors (Lipinski definition) is 3. The number of carbonyl (C=O) groups is 1. The molecule has 2 rings (SSSR count). The molecule has 0 radical (unpaired) electrons. The Morgan fingerprint density at radius 1 is 1.50 bits per heavy atom. The van der Waals surface area contributed by atoms with E-state index < -0.39 is 5.97 Å². The fourth-order valence-electron chi connectivity index (χ4n) is 1.63. The lowest BCUT2D eigenvalue weighted by Crippen LogP contribution is -2.12. The Labute approximate surface area is 109 Å². The second-order valence-corrected chi connectivity index (χ2v) is 4.10. The summed E-state index contributed by atoms with van der Waals surface area (Å²) >= 11 is 5.87. The van der Waals surface area contributed by atoms with Crippen molar-refractivity contribution in [2.75, 3.05) is 11.9 Å². The summed E-state index contributed by atoms with van der Waals surface area (Å²) in [6.45, 7) is 1.29. The number of nitrogens with zero attached hydrogens (tertiary/aromatic N) is 2. The average Bonchev–Trinajstić information content (AvgIpc) is 2.81. The number of rotatable bonds is 5. The van der Waals surface area contributed by atoms with Crippen molar-refractivity contribution in [3.63, 3.8) is 0 Å². The number of nitrogens with one attached hydrogen (secondary N) is 1.